The molecule has 0 fully saturated rings. The van der Waals surface area contributed by atoms with Crippen molar-refractivity contribution in [2.45, 2.75) is 5.03 Å². The van der Waals surface area contributed by atoms with Gasteiger partial charge in [-0.15, -0.1) is 23.1 Å². The van der Waals surface area contributed by atoms with Crippen LogP contribution < -0.4 is 0 Å². The molecule has 1 aromatic heterocycles. The summed E-state index contributed by atoms with van der Waals surface area (Å²) in [5.74, 6) is 0.349. The highest BCUT2D eigenvalue weighted by Gasteiger charge is 1.97. The van der Waals surface area contributed by atoms with Gasteiger partial charge in [-0.1, -0.05) is 6.58 Å². The lowest BCUT2D eigenvalue weighted by molar-refractivity contribution is -0.137. The van der Waals surface area contributed by atoms with Gasteiger partial charge >= 0.3 is 5.97 Å². The molecular weight excluding hydrogens is 206 g/mol. The molecule has 0 N–H and O–H groups in total. The number of thioether (sulfide) groups is 1. The summed E-state index contributed by atoms with van der Waals surface area (Å²) in [5.41, 5.74) is 1.78. The van der Waals surface area contributed by atoms with Crippen molar-refractivity contribution >= 4 is 29.1 Å². The maximum Gasteiger partial charge on any atom is 0.330 e. The molecule has 1 rings (SSSR count). The van der Waals surface area contributed by atoms with E-state index in [4.69, 9.17) is 4.74 Å². The minimum atomic E-state index is -0.376. The Bertz CT molecular complexity index is 272. The van der Waals surface area contributed by atoms with Gasteiger partial charge in [0.2, 0.25) is 0 Å². The molecule has 0 bridgehead atoms. The van der Waals surface area contributed by atoms with Crippen LogP contribution in [0.25, 0.3) is 0 Å². The fraction of sp³-hybridized carbons (Fsp3) is 0.250. The maximum absolute atomic E-state index is 10.6. The zero-order valence-corrected chi connectivity index (χ0v) is 8.57. The van der Waals surface area contributed by atoms with E-state index in [0.29, 0.717) is 6.61 Å². The standard InChI is InChI=1S/C8H9NO2S2/c1-2-8(10)11-3-4-13-7-5-12-6-9-7/h2,5-6H,1,3-4H2. The molecule has 3 nitrogen and oxygen atoms in total. The molecule has 0 unspecified atom stereocenters. The number of aromatic nitrogens is 1. The molecule has 0 saturated carbocycles. The molecule has 0 aliphatic rings. The topological polar surface area (TPSA) is 39.2 Å². The monoisotopic (exact) mass is 215 g/mol. The molecule has 70 valence electrons. The minimum Gasteiger partial charge on any atom is -0.462 e. The number of esters is 1. The number of hydrogen-bond donors (Lipinski definition) is 0. The van der Waals surface area contributed by atoms with Crippen LogP contribution in [0.3, 0.4) is 0 Å². The lowest BCUT2D eigenvalue weighted by Crippen LogP contribution is -2.03. The smallest absolute Gasteiger partial charge is 0.330 e. The Kier molecular flexibility index (Phi) is 4.56. The lowest BCUT2D eigenvalue weighted by Gasteiger charge is -1.99. The maximum atomic E-state index is 10.6. The first kappa shape index (κ1) is 10.3. The minimum absolute atomic E-state index is 0.376. The van der Waals surface area contributed by atoms with Crippen molar-refractivity contribution < 1.29 is 9.53 Å². The fourth-order valence-corrected chi connectivity index (χ4v) is 2.04. The number of thiazole rings is 1. The van der Waals surface area contributed by atoms with Gasteiger partial charge in [-0.25, -0.2) is 9.78 Å². The van der Waals surface area contributed by atoms with E-state index in [1.165, 1.54) is 0 Å². The molecule has 0 aliphatic carbocycles. The number of carbonyl (C=O) groups is 1. The van der Waals surface area contributed by atoms with E-state index >= 15 is 0 Å². The van der Waals surface area contributed by atoms with E-state index in [2.05, 4.69) is 11.6 Å². The predicted octanol–water partition coefficient (Wildman–Crippen LogP) is 1.96. The molecule has 0 aliphatic heterocycles. The van der Waals surface area contributed by atoms with Crippen molar-refractivity contribution in [3.63, 3.8) is 0 Å². The van der Waals surface area contributed by atoms with Gasteiger partial charge in [0.1, 0.15) is 11.6 Å². The molecule has 1 aromatic rings. The first-order valence-electron chi connectivity index (χ1n) is 3.63. The zero-order chi connectivity index (χ0) is 9.52. The van der Waals surface area contributed by atoms with E-state index in [1.807, 2.05) is 5.38 Å². The quantitative estimate of drug-likeness (QED) is 0.326. The van der Waals surface area contributed by atoms with Crippen LogP contribution in [0.1, 0.15) is 0 Å². The number of nitrogens with zero attached hydrogens (tertiary/aromatic N) is 1. The van der Waals surface area contributed by atoms with Crippen LogP contribution in [0.15, 0.2) is 28.6 Å². The molecule has 5 heteroatoms. The Morgan fingerprint density at radius 2 is 2.69 bits per heavy atom. The lowest BCUT2D eigenvalue weighted by atomic mass is 10.6. The average Bonchev–Trinajstić information content (AvgIpc) is 2.64. The SMILES string of the molecule is C=CC(=O)OCCSc1cscn1. The fourth-order valence-electron chi connectivity index (χ4n) is 0.620. The van der Waals surface area contributed by atoms with Gasteiger partial charge in [0.15, 0.2) is 0 Å². The molecule has 0 radical (unpaired) electrons. The average molecular weight is 215 g/mol. The van der Waals surface area contributed by atoms with Gasteiger partial charge < -0.3 is 4.74 Å². The Morgan fingerprint density at radius 1 is 1.85 bits per heavy atom. The second-order valence-corrected chi connectivity index (χ2v) is 3.88. The zero-order valence-electron chi connectivity index (χ0n) is 6.93. The second kappa shape index (κ2) is 5.77. The van der Waals surface area contributed by atoms with Crippen LogP contribution in [0.2, 0.25) is 0 Å². The van der Waals surface area contributed by atoms with Crippen LogP contribution in [0.5, 0.6) is 0 Å². The highest BCUT2D eigenvalue weighted by atomic mass is 32.2. The van der Waals surface area contributed by atoms with Crippen molar-refractivity contribution in [1.82, 2.24) is 4.98 Å². The van der Waals surface area contributed by atoms with Crippen molar-refractivity contribution in [3.8, 4) is 0 Å². The van der Waals surface area contributed by atoms with Gasteiger partial charge in [0, 0.05) is 17.2 Å². The summed E-state index contributed by atoms with van der Waals surface area (Å²) < 4.78 is 4.79. The van der Waals surface area contributed by atoms with Crippen molar-refractivity contribution in [1.29, 1.82) is 0 Å². The Morgan fingerprint density at radius 3 is 3.31 bits per heavy atom. The van der Waals surface area contributed by atoms with Gasteiger partial charge in [-0.3, -0.25) is 0 Å². The van der Waals surface area contributed by atoms with E-state index in [0.717, 1.165) is 16.9 Å². The molecule has 0 spiro atoms. The normalized spacial score (nSPS) is 9.54. The Hall–Kier alpha value is -0.810. The van der Waals surface area contributed by atoms with Gasteiger partial charge in [0.05, 0.1) is 5.51 Å². The Balaban J connectivity index is 2.08. The van der Waals surface area contributed by atoms with E-state index < -0.39 is 0 Å². The van der Waals surface area contributed by atoms with Crippen LogP contribution in [0.4, 0.5) is 0 Å². The summed E-state index contributed by atoms with van der Waals surface area (Å²) in [6, 6.07) is 0. The number of hydrogen-bond acceptors (Lipinski definition) is 5. The third kappa shape index (κ3) is 4.10. The molecule has 0 aromatic carbocycles. The highest BCUT2D eigenvalue weighted by Crippen LogP contribution is 2.16. The number of ether oxygens (including phenoxy) is 1. The van der Waals surface area contributed by atoms with Gasteiger partial charge in [-0.2, -0.15) is 0 Å². The van der Waals surface area contributed by atoms with Crippen LogP contribution >= 0.6 is 23.1 Å². The Labute approximate surface area is 84.8 Å². The summed E-state index contributed by atoms with van der Waals surface area (Å²) in [6.45, 7) is 3.69. The highest BCUT2D eigenvalue weighted by molar-refractivity contribution is 7.99. The molecule has 13 heavy (non-hydrogen) atoms. The largest absolute Gasteiger partial charge is 0.462 e. The van der Waals surface area contributed by atoms with Crippen molar-refractivity contribution in [2.75, 3.05) is 12.4 Å². The first-order chi connectivity index (χ1) is 6.33. The van der Waals surface area contributed by atoms with Crippen LogP contribution in [0, 0.1) is 0 Å². The number of rotatable bonds is 5. The van der Waals surface area contributed by atoms with Gasteiger partial charge in [0.25, 0.3) is 0 Å². The van der Waals surface area contributed by atoms with E-state index in [9.17, 15) is 4.79 Å². The van der Waals surface area contributed by atoms with E-state index in [-0.39, 0.29) is 5.97 Å². The summed E-state index contributed by atoms with van der Waals surface area (Å²) in [4.78, 5) is 14.7. The summed E-state index contributed by atoms with van der Waals surface area (Å²) in [7, 11) is 0. The second-order valence-electron chi connectivity index (χ2n) is 2.05. The summed E-state index contributed by atoms with van der Waals surface area (Å²) >= 11 is 3.12. The molecule has 1 heterocycles. The molecule has 0 saturated heterocycles. The van der Waals surface area contributed by atoms with Crippen LogP contribution in [-0.4, -0.2) is 23.3 Å². The summed E-state index contributed by atoms with van der Waals surface area (Å²) in [5, 5.41) is 2.93. The first-order valence-corrected chi connectivity index (χ1v) is 5.56. The van der Waals surface area contributed by atoms with Crippen molar-refractivity contribution in [2.24, 2.45) is 0 Å². The van der Waals surface area contributed by atoms with Crippen molar-refractivity contribution in [3.05, 3.63) is 23.5 Å². The predicted molar refractivity (Wildman–Crippen MR) is 54.0 cm³/mol. The third-order valence-electron chi connectivity index (χ3n) is 1.15. The number of carbonyl (C=O) groups excluding carboxylic acids is 1. The van der Waals surface area contributed by atoms with E-state index in [1.54, 1.807) is 28.6 Å². The molecular formula is C8H9NO2S2. The van der Waals surface area contributed by atoms with Gasteiger partial charge in [-0.05, 0) is 0 Å². The third-order valence-corrected chi connectivity index (χ3v) is 2.78. The van der Waals surface area contributed by atoms with Crippen LogP contribution in [-0.2, 0) is 9.53 Å². The summed E-state index contributed by atoms with van der Waals surface area (Å²) in [6.07, 6.45) is 1.16. The molecule has 0 amide bonds. The molecule has 0 atom stereocenters.